The zero-order valence-corrected chi connectivity index (χ0v) is 8.09. The second-order valence-electron chi connectivity index (χ2n) is 3.27. The van der Waals surface area contributed by atoms with Crippen LogP contribution < -0.4 is 0 Å². The number of nitrogens with zero attached hydrogens (tertiary/aromatic N) is 1. The van der Waals surface area contributed by atoms with Crippen LogP contribution in [0.5, 0.6) is 11.5 Å². The van der Waals surface area contributed by atoms with Gasteiger partial charge < -0.3 is 10.2 Å². The lowest BCUT2D eigenvalue weighted by Crippen LogP contribution is -1.92. The van der Waals surface area contributed by atoms with Gasteiger partial charge >= 0.3 is 0 Å². The molecule has 0 radical (unpaired) electrons. The summed E-state index contributed by atoms with van der Waals surface area (Å²) in [5.74, 6) is 0.196. The minimum atomic E-state index is 0.0978. The average Bonchev–Trinajstić information content (AvgIpc) is 2.25. The van der Waals surface area contributed by atoms with Gasteiger partial charge in [-0.2, -0.15) is 0 Å². The second-order valence-corrected chi connectivity index (χ2v) is 3.27. The van der Waals surface area contributed by atoms with E-state index >= 15 is 0 Å². The van der Waals surface area contributed by atoms with E-state index in [1.54, 1.807) is 24.4 Å². The zero-order valence-electron chi connectivity index (χ0n) is 8.09. The average molecular weight is 201 g/mol. The van der Waals surface area contributed by atoms with Gasteiger partial charge in [0.15, 0.2) is 0 Å². The highest BCUT2D eigenvalue weighted by Crippen LogP contribution is 2.27. The molecule has 2 aromatic rings. The van der Waals surface area contributed by atoms with Crippen molar-refractivity contribution in [3.05, 3.63) is 53.9 Å². The lowest BCUT2D eigenvalue weighted by molar-refractivity contribution is 0.440. The van der Waals surface area contributed by atoms with Crippen LogP contribution in [0.1, 0.15) is 11.3 Å². The van der Waals surface area contributed by atoms with Crippen molar-refractivity contribution in [2.75, 3.05) is 0 Å². The van der Waals surface area contributed by atoms with E-state index in [1.165, 1.54) is 0 Å². The third kappa shape index (κ3) is 2.07. The predicted molar refractivity (Wildman–Crippen MR) is 56.8 cm³/mol. The largest absolute Gasteiger partial charge is 0.508 e. The topological polar surface area (TPSA) is 53.4 Å². The fourth-order valence-corrected chi connectivity index (χ4v) is 1.43. The van der Waals surface area contributed by atoms with E-state index in [4.69, 9.17) is 0 Å². The smallest absolute Gasteiger partial charge is 0.122 e. The number of aromatic nitrogens is 1. The first-order chi connectivity index (χ1) is 7.27. The summed E-state index contributed by atoms with van der Waals surface area (Å²) in [5.41, 5.74) is 1.32. The maximum Gasteiger partial charge on any atom is 0.122 e. The number of hydrogen-bond donors (Lipinski definition) is 2. The Kier molecular flexibility index (Phi) is 2.54. The van der Waals surface area contributed by atoms with Gasteiger partial charge in [0.1, 0.15) is 11.5 Å². The Labute approximate surface area is 87.7 Å². The SMILES string of the molecule is Oc1cccc(O)c1Cc1ccccn1. The summed E-state index contributed by atoms with van der Waals surface area (Å²) in [5, 5.41) is 19.1. The molecule has 0 atom stereocenters. The maximum atomic E-state index is 9.56. The number of benzene rings is 1. The summed E-state index contributed by atoms with van der Waals surface area (Å²) in [6.45, 7) is 0. The summed E-state index contributed by atoms with van der Waals surface area (Å²) < 4.78 is 0. The number of rotatable bonds is 2. The molecular weight excluding hydrogens is 190 g/mol. The monoisotopic (exact) mass is 201 g/mol. The van der Waals surface area contributed by atoms with E-state index in [2.05, 4.69) is 4.98 Å². The summed E-state index contributed by atoms with van der Waals surface area (Å²) in [6, 6.07) is 10.3. The van der Waals surface area contributed by atoms with Crippen LogP contribution in [-0.4, -0.2) is 15.2 Å². The molecule has 1 aromatic heterocycles. The van der Waals surface area contributed by atoms with Crippen molar-refractivity contribution in [1.82, 2.24) is 4.98 Å². The van der Waals surface area contributed by atoms with Crippen molar-refractivity contribution in [2.24, 2.45) is 0 Å². The van der Waals surface area contributed by atoms with Gasteiger partial charge in [-0.05, 0) is 24.3 Å². The van der Waals surface area contributed by atoms with E-state index in [1.807, 2.05) is 18.2 Å². The molecule has 0 unspecified atom stereocenters. The molecule has 15 heavy (non-hydrogen) atoms. The first-order valence-electron chi connectivity index (χ1n) is 4.67. The molecule has 2 N–H and O–H groups in total. The highest BCUT2D eigenvalue weighted by molar-refractivity contribution is 5.44. The van der Waals surface area contributed by atoms with Crippen LogP contribution in [0.2, 0.25) is 0 Å². The van der Waals surface area contributed by atoms with Gasteiger partial charge in [0.25, 0.3) is 0 Å². The normalized spacial score (nSPS) is 10.1. The Hall–Kier alpha value is -2.03. The van der Waals surface area contributed by atoms with Crippen molar-refractivity contribution in [2.45, 2.75) is 6.42 Å². The Morgan fingerprint density at radius 3 is 2.27 bits per heavy atom. The number of pyridine rings is 1. The molecular formula is C12H11NO2. The first kappa shape index (κ1) is 9.52. The van der Waals surface area contributed by atoms with Crippen LogP contribution in [-0.2, 0) is 6.42 Å². The third-order valence-corrected chi connectivity index (χ3v) is 2.21. The molecule has 0 saturated carbocycles. The molecule has 1 heterocycles. The molecule has 3 heteroatoms. The second kappa shape index (κ2) is 4.00. The number of phenols is 2. The van der Waals surface area contributed by atoms with Gasteiger partial charge in [-0.1, -0.05) is 12.1 Å². The molecule has 2 rings (SSSR count). The Morgan fingerprint density at radius 2 is 1.67 bits per heavy atom. The maximum absolute atomic E-state index is 9.56. The minimum Gasteiger partial charge on any atom is -0.508 e. The number of aromatic hydroxyl groups is 2. The molecule has 0 fully saturated rings. The molecule has 0 amide bonds. The lowest BCUT2D eigenvalue weighted by atomic mass is 10.1. The van der Waals surface area contributed by atoms with E-state index in [-0.39, 0.29) is 11.5 Å². The molecule has 1 aromatic carbocycles. The summed E-state index contributed by atoms with van der Waals surface area (Å²) >= 11 is 0. The Balaban J connectivity index is 2.32. The van der Waals surface area contributed by atoms with Crippen LogP contribution in [0, 0.1) is 0 Å². The van der Waals surface area contributed by atoms with Crippen LogP contribution in [0.25, 0.3) is 0 Å². The Bertz CT molecular complexity index is 434. The molecule has 0 saturated heterocycles. The van der Waals surface area contributed by atoms with Gasteiger partial charge in [-0.15, -0.1) is 0 Å². The summed E-state index contributed by atoms with van der Waals surface area (Å²) in [7, 11) is 0. The van der Waals surface area contributed by atoms with Gasteiger partial charge in [0.2, 0.25) is 0 Å². The summed E-state index contributed by atoms with van der Waals surface area (Å²) in [6.07, 6.45) is 2.12. The molecule has 0 aliphatic heterocycles. The first-order valence-corrected chi connectivity index (χ1v) is 4.67. The minimum absolute atomic E-state index is 0.0978. The molecule has 0 aliphatic rings. The van der Waals surface area contributed by atoms with Gasteiger partial charge in [-0.3, -0.25) is 4.98 Å². The molecule has 0 aliphatic carbocycles. The lowest BCUT2D eigenvalue weighted by Gasteiger charge is -2.05. The molecule has 0 spiro atoms. The van der Waals surface area contributed by atoms with Crippen molar-refractivity contribution < 1.29 is 10.2 Å². The number of phenolic OH excluding ortho intramolecular Hbond substituents is 2. The summed E-state index contributed by atoms with van der Waals surface area (Å²) in [4.78, 5) is 4.13. The van der Waals surface area contributed by atoms with Crippen molar-refractivity contribution >= 4 is 0 Å². The van der Waals surface area contributed by atoms with Gasteiger partial charge in [0.05, 0.1) is 0 Å². The van der Waals surface area contributed by atoms with E-state index < -0.39 is 0 Å². The van der Waals surface area contributed by atoms with Gasteiger partial charge in [0, 0.05) is 23.9 Å². The molecule has 0 bridgehead atoms. The van der Waals surface area contributed by atoms with E-state index in [0.717, 1.165) is 5.69 Å². The fraction of sp³-hybridized carbons (Fsp3) is 0.0833. The fourth-order valence-electron chi connectivity index (χ4n) is 1.43. The Morgan fingerprint density at radius 1 is 0.933 bits per heavy atom. The highest BCUT2D eigenvalue weighted by Gasteiger charge is 2.07. The van der Waals surface area contributed by atoms with E-state index in [9.17, 15) is 10.2 Å². The highest BCUT2D eigenvalue weighted by atomic mass is 16.3. The van der Waals surface area contributed by atoms with Crippen LogP contribution in [0.3, 0.4) is 0 Å². The van der Waals surface area contributed by atoms with Gasteiger partial charge in [-0.25, -0.2) is 0 Å². The van der Waals surface area contributed by atoms with Crippen molar-refractivity contribution in [3.63, 3.8) is 0 Å². The molecule has 76 valence electrons. The van der Waals surface area contributed by atoms with Crippen molar-refractivity contribution in [1.29, 1.82) is 0 Å². The number of hydrogen-bond acceptors (Lipinski definition) is 3. The van der Waals surface area contributed by atoms with Crippen LogP contribution in [0.4, 0.5) is 0 Å². The molecule has 3 nitrogen and oxygen atoms in total. The predicted octanol–water partition coefficient (Wildman–Crippen LogP) is 2.08. The van der Waals surface area contributed by atoms with Crippen LogP contribution in [0.15, 0.2) is 42.6 Å². The van der Waals surface area contributed by atoms with Crippen LogP contribution >= 0.6 is 0 Å². The standard InChI is InChI=1S/C12H11NO2/c14-11-5-3-6-12(15)10(11)8-9-4-1-2-7-13-9/h1-7,14-15H,8H2. The van der Waals surface area contributed by atoms with E-state index in [0.29, 0.717) is 12.0 Å². The zero-order chi connectivity index (χ0) is 10.7. The third-order valence-electron chi connectivity index (χ3n) is 2.21. The van der Waals surface area contributed by atoms with Crippen molar-refractivity contribution in [3.8, 4) is 11.5 Å². The quantitative estimate of drug-likeness (QED) is 0.782.